The molecule has 5 heteroatoms. The van der Waals surface area contributed by atoms with Crippen LogP contribution in [-0.2, 0) is 33.4 Å². The number of rotatable bonds is 7. The Morgan fingerprint density at radius 1 is 1.03 bits per heavy atom. The van der Waals surface area contributed by atoms with Crippen LogP contribution in [0.3, 0.4) is 0 Å². The number of hydrogen-bond donors (Lipinski definition) is 0. The fourth-order valence-electron chi connectivity index (χ4n) is 5.81. The minimum Gasteiger partial charge on any atom is -0.497 e. The summed E-state index contributed by atoms with van der Waals surface area (Å²) in [5, 5.41) is 0. The van der Waals surface area contributed by atoms with Gasteiger partial charge in [0.25, 0.3) is 0 Å². The number of esters is 1. The molecule has 3 aromatic carbocycles. The number of hydrogen-bond acceptors (Lipinski definition) is 4. The quantitative estimate of drug-likeness (QED) is 0.322. The molecule has 1 fully saturated rings. The summed E-state index contributed by atoms with van der Waals surface area (Å²) in [4.78, 5) is 12.4. The van der Waals surface area contributed by atoms with Crippen molar-refractivity contribution in [3.05, 3.63) is 82.7 Å². The van der Waals surface area contributed by atoms with E-state index in [2.05, 4.69) is 45.0 Å². The first-order chi connectivity index (χ1) is 17.7. The number of halogens is 1. The highest BCUT2D eigenvalue weighted by molar-refractivity contribution is 5.80. The number of fused-ring (bicyclic) bond motifs is 2. The van der Waals surface area contributed by atoms with Gasteiger partial charge in [-0.2, -0.15) is 0 Å². The maximum Gasteiger partial charge on any atom is 0.309 e. The van der Waals surface area contributed by atoms with Crippen molar-refractivity contribution in [2.45, 2.75) is 64.4 Å². The van der Waals surface area contributed by atoms with Gasteiger partial charge >= 0.3 is 5.97 Å². The van der Waals surface area contributed by atoms with E-state index in [0.717, 1.165) is 41.7 Å². The van der Waals surface area contributed by atoms with Gasteiger partial charge in [-0.15, -0.1) is 0 Å². The van der Waals surface area contributed by atoms with Crippen LogP contribution in [0, 0.1) is 11.7 Å². The van der Waals surface area contributed by atoms with Crippen molar-refractivity contribution < 1.29 is 23.4 Å². The van der Waals surface area contributed by atoms with Crippen molar-refractivity contribution in [1.82, 2.24) is 0 Å². The Hall–Kier alpha value is -3.34. The Morgan fingerprint density at radius 2 is 1.81 bits per heavy atom. The molecule has 1 spiro atoms. The van der Waals surface area contributed by atoms with Crippen LogP contribution in [0.2, 0.25) is 0 Å². The molecule has 2 aliphatic carbocycles. The number of aryl methyl sites for hydroxylation is 1. The van der Waals surface area contributed by atoms with Gasteiger partial charge in [0.05, 0.1) is 19.6 Å². The monoisotopic (exact) mass is 502 g/mol. The maximum atomic E-state index is 15.0. The second kappa shape index (κ2) is 9.51. The lowest BCUT2D eigenvalue weighted by molar-refractivity contribution is -0.145. The van der Waals surface area contributed by atoms with Gasteiger partial charge in [-0.05, 0) is 95.8 Å². The molecule has 0 aromatic heterocycles. The smallest absolute Gasteiger partial charge is 0.309 e. The van der Waals surface area contributed by atoms with Crippen LogP contribution in [0.5, 0.6) is 11.5 Å². The third-order valence-electron chi connectivity index (χ3n) is 7.87. The number of benzene rings is 3. The average molecular weight is 503 g/mol. The van der Waals surface area contributed by atoms with Gasteiger partial charge in [-0.3, -0.25) is 4.79 Å². The van der Waals surface area contributed by atoms with Crippen molar-refractivity contribution in [3.63, 3.8) is 0 Å². The average Bonchev–Trinajstić information content (AvgIpc) is 3.51. The topological polar surface area (TPSA) is 44.8 Å². The molecule has 2 atom stereocenters. The Kier molecular flexibility index (Phi) is 6.51. The molecule has 0 unspecified atom stereocenters. The van der Waals surface area contributed by atoms with E-state index in [1.165, 1.54) is 17.2 Å². The Labute approximate surface area is 218 Å². The van der Waals surface area contributed by atoms with E-state index >= 15 is 0 Å². The first kappa shape index (κ1) is 25.3. The summed E-state index contributed by atoms with van der Waals surface area (Å²) >= 11 is 0. The molecule has 0 amide bonds. The summed E-state index contributed by atoms with van der Waals surface area (Å²) in [7, 11) is 1.59. The molecule has 0 aliphatic heterocycles. The third-order valence-corrected chi connectivity index (χ3v) is 7.87. The largest absolute Gasteiger partial charge is 0.497 e. The first-order valence-electron chi connectivity index (χ1n) is 13.1. The molecule has 3 aromatic rings. The summed E-state index contributed by atoms with van der Waals surface area (Å²) in [6.07, 6.45) is 2.82. The lowest BCUT2D eigenvalue weighted by Crippen LogP contribution is -2.15. The van der Waals surface area contributed by atoms with Gasteiger partial charge in [0, 0.05) is 11.0 Å². The molecular weight excluding hydrogens is 467 g/mol. The van der Waals surface area contributed by atoms with Crippen LogP contribution >= 0.6 is 0 Å². The first-order valence-corrected chi connectivity index (χ1v) is 13.1. The second-order valence-electron chi connectivity index (χ2n) is 11.2. The molecule has 194 valence electrons. The molecule has 0 radical (unpaired) electrons. The third kappa shape index (κ3) is 4.72. The van der Waals surface area contributed by atoms with Crippen molar-refractivity contribution >= 4 is 5.97 Å². The van der Waals surface area contributed by atoms with Gasteiger partial charge < -0.3 is 14.2 Å². The fraction of sp³-hybridized carbons (Fsp3) is 0.406. The molecule has 4 nitrogen and oxygen atoms in total. The Bertz CT molecular complexity index is 1340. The van der Waals surface area contributed by atoms with Crippen LogP contribution in [0.4, 0.5) is 4.39 Å². The number of carbonyl (C=O) groups excluding carboxylic acids is 1. The van der Waals surface area contributed by atoms with Crippen LogP contribution in [-0.4, -0.2) is 19.7 Å². The normalized spacial score (nSPS) is 20.0. The summed E-state index contributed by atoms with van der Waals surface area (Å²) in [6, 6.07) is 17.2. The van der Waals surface area contributed by atoms with E-state index in [9.17, 15) is 9.18 Å². The zero-order valence-corrected chi connectivity index (χ0v) is 22.3. The van der Waals surface area contributed by atoms with E-state index in [1.54, 1.807) is 19.2 Å². The highest BCUT2D eigenvalue weighted by Crippen LogP contribution is 2.62. The van der Waals surface area contributed by atoms with Crippen LogP contribution < -0.4 is 9.47 Å². The summed E-state index contributed by atoms with van der Waals surface area (Å²) in [5.41, 5.74) is 5.63. The van der Waals surface area contributed by atoms with E-state index in [1.807, 2.05) is 19.1 Å². The highest BCUT2D eigenvalue weighted by Gasteiger charge is 2.62. The minimum atomic E-state index is -0.283. The minimum absolute atomic E-state index is 0.0470. The lowest BCUT2D eigenvalue weighted by Gasteiger charge is -2.24. The van der Waals surface area contributed by atoms with E-state index < -0.39 is 0 Å². The second-order valence-corrected chi connectivity index (χ2v) is 11.2. The summed E-state index contributed by atoms with van der Waals surface area (Å²) < 4.78 is 31.9. The zero-order chi connectivity index (χ0) is 26.4. The van der Waals surface area contributed by atoms with E-state index in [4.69, 9.17) is 14.2 Å². The van der Waals surface area contributed by atoms with Gasteiger partial charge in [0.2, 0.25) is 0 Å². The lowest BCUT2D eigenvalue weighted by atomic mass is 9.81. The van der Waals surface area contributed by atoms with Crippen molar-refractivity contribution in [1.29, 1.82) is 0 Å². The standard InChI is InChI=1S/C32H35FO4/c1-6-36-30(34)28-18-32(28)14-13-21-8-9-23(17-27(21)32)37-19-20-7-11-26(31(2,3)4)24(15-20)25-16-22(35-5)10-12-29(25)33/h7-12,15-17,28H,6,13-14,18-19H2,1-5H3/t28-,32-/m0/s1. The SMILES string of the molecule is CCOC(=O)[C@@H]1C[C@]12CCc1ccc(OCc3ccc(C(C)(C)C)c(-c4cc(OC)ccc4F)c3)cc12. The van der Waals surface area contributed by atoms with Crippen molar-refractivity contribution in [3.8, 4) is 22.6 Å². The molecule has 0 heterocycles. The Morgan fingerprint density at radius 3 is 2.54 bits per heavy atom. The van der Waals surface area contributed by atoms with Crippen LogP contribution in [0.25, 0.3) is 11.1 Å². The van der Waals surface area contributed by atoms with E-state index in [-0.39, 0.29) is 28.5 Å². The molecule has 0 bridgehead atoms. The van der Waals surface area contributed by atoms with Gasteiger partial charge in [0.1, 0.15) is 23.9 Å². The predicted octanol–water partition coefficient (Wildman–Crippen LogP) is 7.14. The van der Waals surface area contributed by atoms with Crippen molar-refractivity contribution in [2.24, 2.45) is 5.92 Å². The highest BCUT2D eigenvalue weighted by atomic mass is 19.1. The van der Waals surface area contributed by atoms with Gasteiger partial charge in [0.15, 0.2) is 0 Å². The van der Waals surface area contributed by atoms with Gasteiger partial charge in [-0.25, -0.2) is 4.39 Å². The predicted molar refractivity (Wildman–Crippen MR) is 143 cm³/mol. The molecule has 1 saturated carbocycles. The van der Waals surface area contributed by atoms with Crippen LogP contribution in [0.15, 0.2) is 54.6 Å². The molecule has 2 aliphatic rings. The molecule has 0 saturated heterocycles. The van der Waals surface area contributed by atoms with Crippen LogP contribution in [0.1, 0.15) is 62.8 Å². The number of carbonyl (C=O) groups is 1. The molecular formula is C32H35FO4. The fourth-order valence-corrected chi connectivity index (χ4v) is 5.81. The molecule has 37 heavy (non-hydrogen) atoms. The maximum absolute atomic E-state index is 15.0. The Balaban J connectivity index is 1.40. The number of methoxy groups -OCH3 is 1. The zero-order valence-electron chi connectivity index (χ0n) is 22.3. The molecule has 0 N–H and O–H groups in total. The van der Waals surface area contributed by atoms with Crippen molar-refractivity contribution in [2.75, 3.05) is 13.7 Å². The molecule has 5 rings (SSSR count). The van der Waals surface area contributed by atoms with Gasteiger partial charge in [-0.1, -0.05) is 39.0 Å². The summed E-state index contributed by atoms with van der Waals surface area (Å²) in [6.45, 7) is 9.00. The number of ether oxygens (including phenoxy) is 3. The summed E-state index contributed by atoms with van der Waals surface area (Å²) in [5.74, 6) is 0.982. The van der Waals surface area contributed by atoms with E-state index in [0.29, 0.717) is 24.5 Å².